The van der Waals surface area contributed by atoms with Crippen LogP contribution in [0.4, 0.5) is 0 Å². The highest BCUT2D eigenvalue weighted by molar-refractivity contribution is 5.91. The van der Waals surface area contributed by atoms with Crippen molar-refractivity contribution in [3.8, 4) is 0 Å². The predicted octanol–water partition coefficient (Wildman–Crippen LogP) is 2.19. The van der Waals surface area contributed by atoms with Crippen molar-refractivity contribution >= 4 is 5.91 Å². The van der Waals surface area contributed by atoms with Gasteiger partial charge in [0.1, 0.15) is 0 Å². The predicted molar refractivity (Wildman–Crippen MR) is 110 cm³/mol. The zero-order chi connectivity index (χ0) is 19.8. The maximum Gasteiger partial charge on any atom is 0.276 e. The molecule has 3 rings (SSSR count). The first-order valence-corrected chi connectivity index (χ1v) is 10.4. The summed E-state index contributed by atoms with van der Waals surface area (Å²) in [6.45, 7) is 10.3. The molecular weight excluding hydrogens is 352 g/mol. The summed E-state index contributed by atoms with van der Waals surface area (Å²) in [5.74, 6) is -0.0452. The molecule has 1 aliphatic rings. The van der Waals surface area contributed by atoms with E-state index in [1.807, 2.05) is 34.0 Å². The van der Waals surface area contributed by atoms with Crippen LogP contribution in [0.3, 0.4) is 0 Å². The fraction of sp³-hybridized carbons (Fsp3) is 0.571. The molecule has 0 aliphatic carbocycles. The first kappa shape index (κ1) is 20.5. The second-order valence-corrected chi connectivity index (χ2v) is 7.30. The zero-order valence-electron chi connectivity index (χ0n) is 17.0. The van der Waals surface area contributed by atoms with Crippen molar-refractivity contribution < 1.29 is 4.79 Å². The minimum atomic E-state index is -0.0452. The highest BCUT2D eigenvalue weighted by Crippen LogP contribution is 2.18. The van der Waals surface area contributed by atoms with E-state index in [0.29, 0.717) is 24.8 Å². The van der Waals surface area contributed by atoms with Gasteiger partial charge in [0.05, 0.1) is 12.2 Å². The van der Waals surface area contributed by atoms with Gasteiger partial charge < -0.3 is 15.1 Å². The molecule has 0 saturated carbocycles. The molecule has 1 fully saturated rings. The third-order valence-corrected chi connectivity index (χ3v) is 5.50. The molecule has 7 nitrogen and oxygen atoms in total. The number of nitrogens with one attached hydrogen (secondary N) is 1. The Morgan fingerprint density at radius 1 is 1.14 bits per heavy atom. The number of amides is 1. The van der Waals surface area contributed by atoms with Gasteiger partial charge in [0.15, 0.2) is 5.69 Å². The minimum Gasteiger partial charge on any atom is -0.332 e. The number of hydrogen-bond donors (Lipinski definition) is 1. The van der Waals surface area contributed by atoms with Crippen LogP contribution in [-0.2, 0) is 6.54 Å². The summed E-state index contributed by atoms with van der Waals surface area (Å²) < 4.78 is 1.87. The first-order chi connectivity index (χ1) is 13.7. The number of hydrogen-bond acceptors (Lipinski definition) is 5. The molecule has 1 saturated heterocycles. The van der Waals surface area contributed by atoms with Crippen LogP contribution in [0.15, 0.2) is 36.5 Å². The quantitative estimate of drug-likeness (QED) is 0.718. The van der Waals surface area contributed by atoms with Crippen molar-refractivity contribution in [2.45, 2.75) is 39.3 Å². The first-order valence-electron chi connectivity index (χ1n) is 10.4. The van der Waals surface area contributed by atoms with Gasteiger partial charge in [-0.05, 0) is 44.6 Å². The van der Waals surface area contributed by atoms with Gasteiger partial charge in [-0.1, -0.05) is 49.4 Å². The van der Waals surface area contributed by atoms with Crippen molar-refractivity contribution in [1.82, 2.24) is 30.1 Å². The van der Waals surface area contributed by atoms with Crippen molar-refractivity contribution in [1.29, 1.82) is 0 Å². The Morgan fingerprint density at radius 3 is 2.54 bits per heavy atom. The van der Waals surface area contributed by atoms with Crippen molar-refractivity contribution in [3.63, 3.8) is 0 Å². The monoisotopic (exact) mass is 384 g/mol. The molecule has 0 bridgehead atoms. The fourth-order valence-corrected chi connectivity index (χ4v) is 3.64. The Bertz CT molecular complexity index is 722. The molecule has 1 N–H and O–H groups in total. The van der Waals surface area contributed by atoms with Gasteiger partial charge in [0, 0.05) is 19.6 Å². The highest BCUT2D eigenvalue weighted by atomic mass is 16.2. The Kier molecular flexibility index (Phi) is 7.56. The van der Waals surface area contributed by atoms with E-state index >= 15 is 0 Å². The summed E-state index contributed by atoms with van der Waals surface area (Å²) in [6.07, 6.45) is 3.87. The maximum atomic E-state index is 13.2. The molecule has 28 heavy (non-hydrogen) atoms. The molecule has 1 aromatic heterocycles. The third kappa shape index (κ3) is 5.39. The normalized spacial score (nSPS) is 15.1. The van der Waals surface area contributed by atoms with Gasteiger partial charge in [-0.25, -0.2) is 4.68 Å². The lowest BCUT2D eigenvalue weighted by molar-refractivity contribution is 0.0718. The fourth-order valence-electron chi connectivity index (χ4n) is 3.64. The van der Waals surface area contributed by atoms with Crippen molar-refractivity contribution in [2.75, 3.05) is 39.3 Å². The van der Waals surface area contributed by atoms with E-state index in [1.54, 1.807) is 0 Å². The Labute approximate surface area is 167 Å². The average Bonchev–Trinajstić information content (AvgIpc) is 3.25. The van der Waals surface area contributed by atoms with E-state index < -0.39 is 0 Å². The Hall–Kier alpha value is -2.25. The third-order valence-electron chi connectivity index (χ3n) is 5.50. The minimum absolute atomic E-state index is 0.0452. The number of nitrogens with zero attached hydrogens (tertiary/aromatic N) is 5. The van der Waals surface area contributed by atoms with Gasteiger partial charge in [-0.15, -0.1) is 5.10 Å². The van der Waals surface area contributed by atoms with Crippen LogP contribution in [0, 0.1) is 0 Å². The molecule has 2 heterocycles. The second-order valence-electron chi connectivity index (χ2n) is 7.30. The molecule has 2 aromatic rings. The molecule has 1 aliphatic heterocycles. The molecule has 0 radical (unpaired) electrons. The summed E-state index contributed by atoms with van der Waals surface area (Å²) >= 11 is 0. The molecular formula is C21H32N6O. The zero-order valence-corrected chi connectivity index (χ0v) is 17.0. The van der Waals surface area contributed by atoms with Crippen LogP contribution < -0.4 is 5.32 Å². The summed E-state index contributed by atoms with van der Waals surface area (Å²) in [7, 11) is 0. The van der Waals surface area contributed by atoms with E-state index in [4.69, 9.17) is 0 Å². The molecule has 1 aromatic carbocycles. The lowest BCUT2D eigenvalue weighted by Gasteiger charge is -2.26. The van der Waals surface area contributed by atoms with Crippen LogP contribution >= 0.6 is 0 Å². The van der Waals surface area contributed by atoms with Crippen molar-refractivity contribution in [2.24, 2.45) is 0 Å². The molecule has 152 valence electrons. The largest absolute Gasteiger partial charge is 0.332 e. The van der Waals surface area contributed by atoms with Gasteiger partial charge in [-0.3, -0.25) is 4.79 Å². The number of piperidine rings is 1. The van der Waals surface area contributed by atoms with E-state index in [2.05, 4.69) is 46.5 Å². The van der Waals surface area contributed by atoms with Gasteiger partial charge >= 0.3 is 0 Å². The molecule has 1 amide bonds. The number of rotatable bonds is 9. The topological polar surface area (TPSA) is 66.3 Å². The van der Waals surface area contributed by atoms with E-state index in [0.717, 1.165) is 51.1 Å². The van der Waals surface area contributed by atoms with E-state index in [9.17, 15) is 4.79 Å². The van der Waals surface area contributed by atoms with E-state index in [-0.39, 0.29) is 5.91 Å². The highest BCUT2D eigenvalue weighted by Gasteiger charge is 2.23. The molecule has 0 spiro atoms. The van der Waals surface area contributed by atoms with Gasteiger partial charge in [0.25, 0.3) is 5.91 Å². The smallest absolute Gasteiger partial charge is 0.276 e. The standard InChI is InChI=1S/C21H32N6O/c1-3-25(4-2)14-15-26(16-18-8-6-5-7-9-18)21(28)20-17-27(24-23-20)19-10-12-22-13-11-19/h5-9,17,19,22H,3-4,10-16H2,1-2H3. The molecule has 0 atom stereocenters. The Morgan fingerprint density at radius 2 is 1.86 bits per heavy atom. The maximum absolute atomic E-state index is 13.2. The molecule has 7 heteroatoms. The number of carbonyl (C=O) groups excluding carboxylic acids is 1. The number of benzene rings is 1. The number of carbonyl (C=O) groups is 1. The summed E-state index contributed by atoms with van der Waals surface area (Å²) in [6, 6.07) is 10.5. The van der Waals surface area contributed by atoms with E-state index in [1.165, 1.54) is 0 Å². The Balaban J connectivity index is 1.72. The SMILES string of the molecule is CCN(CC)CCN(Cc1ccccc1)C(=O)c1cn(C2CCNCC2)nn1. The van der Waals surface area contributed by atoms with Crippen LogP contribution in [0.5, 0.6) is 0 Å². The average molecular weight is 385 g/mol. The number of likely N-dealkylation sites (N-methyl/N-ethyl adjacent to an activating group) is 1. The summed E-state index contributed by atoms with van der Waals surface area (Å²) in [5, 5.41) is 11.8. The van der Waals surface area contributed by atoms with Crippen LogP contribution in [0.1, 0.15) is 48.8 Å². The van der Waals surface area contributed by atoms with Crippen LogP contribution in [0.25, 0.3) is 0 Å². The summed E-state index contributed by atoms with van der Waals surface area (Å²) in [5.41, 5.74) is 1.56. The van der Waals surface area contributed by atoms with Crippen LogP contribution in [-0.4, -0.2) is 70.0 Å². The number of aromatic nitrogens is 3. The summed E-state index contributed by atoms with van der Waals surface area (Å²) in [4.78, 5) is 17.4. The van der Waals surface area contributed by atoms with Gasteiger partial charge in [-0.2, -0.15) is 0 Å². The van der Waals surface area contributed by atoms with Crippen molar-refractivity contribution in [3.05, 3.63) is 47.8 Å². The molecule has 0 unspecified atom stereocenters. The second kappa shape index (κ2) is 10.3. The lowest BCUT2D eigenvalue weighted by Crippen LogP contribution is -2.38. The van der Waals surface area contributed by atoms with Crippen LogP contribution in [0.2, 0.25) is 0 Å². The van der Waals surface area contributed by atoms with Gasteiger partial charge in [0.2, 0.25) is 0 Å². The lowest BCUT2D eigenvalue weighted by atomic mass is 10.1.